The number of aliphatic imine (C=N–C) groups is 1. The number of likely N-dealkylation sites (tertiary alicyclic amines) is 1. The van der Waals surface area contributed by atoms with E-state index < -0.39 is 0 Å². The Morgan fingerprint density at radius 3 is 2.43 bits per heavy atom. The number of guanidine groups is 1. The molecule has 1 aliphatic rings. The van der Waals surface area contributed by atoms with E-state index in [4.69, 9.17) is 0 Å². The van der Waals surface area contributed by atoms with Crippen LogP contribution in [0.15, 0.2) is 35.3 Å². The zero-order chi connectivity index (χ0) is 19.9. The summed E-state index contributed by atoms with van der Waals surface area (Å²) in [6, 6.07) is 11.0. The summed E-state index contributed by atoms with van der Waals surface area (Å²) >= 11 is 0. The van der Waals surface area contributed by atoms with Gasteiger partial charge in [-0.05, 0) is 24.8 Å². The summed E-state index contributed by atoms with van der Waals surface area (Å²) in [5, 5.41) is 7.05. The average Bonchev–Trinajstić information content (AvgIpc) is 3.16. The van der Waals surface area contributed by atoms with Crippen molar-refractivity contribution in [3.63, 3.8) is 0 Å². The van der Waals surface area contributed by atoms with Gasteiger partial charge in [0.15, 0.2) is 5.96 Å². The van der Waals surface area contributed by atoms with E-state index in [1.165, 1.54) is 5.56 Å². The van der Waals surface area contributed by atoms with Gasteiger partial charge in [-0.1, -0.05) is 58.0 Å². The molecule has 2 rings (SSSR count). The molecule has 5 nitrogen and oxygen atoms in total. The van der Waals surface area contributed by atoms with Gasteiger partial charge in [-0.15, -0.1) is 24.0 Å². The molecule has 1 aromatic carbocycles. The van der Waals surface area contributed by atoms with E-state index >= 15 is 0 Å². The van der Waals surface area contributed by atoms with Gasteiger partial charge in [-0.25, -0.2) is 0 Å². The predicted octanol–water partition coefficient (Wildman–Crippen LogP) is 3.78. The smallest absolute Gasteiger partial charge is 0.225 e. The number of halogens is 1. The molecule has 0 aliphatic carbocycles. The Morgan fingerprint density at radius 1 is 1.25 bits per heavy atom. The fourth-order valence-electron chi connectivity index (χ4n) is 3.89. The van der Waals surface area contributed by atoms with Gasteiger partial charge in [0.1, 0.15) is 0 Å². The number of benzene rings is 1. The van der Waals surface area contributed by atoms with E-state index in [2.05, 4.69) is 59.8 Å². The molecule has 2 N–H and O–H groups in total. The largest absolute Gasteiger partial charge is 0.356 e. The van der Waals surface area contributed by atoms with E-state index in [9.17, 15) is 4.79 Å². The van der Waals surface area contributed by atoms with Crippen LogP contribution >= 0.6 is 24.0 Å². The Kier molecular flexibility index (Phi) is 10.3. The van der Waals surface area contributed by atoms with Crippen LogP contribution in [0.3, 0.4) is 0 Å². The summed E-state index contributed by atoms with van der Waals surface area (Å²) in [6.07, 6.45) is 3.10. The summed E-state index contributed by atoms with van der Waals surface area (Å²) in [5.74, 6) is 1.12. The van der Waals surface area contributed by atoms with Crippen molar-refractivity contribution in [3.8, 4) is 0 Å². The molecule has 0 saturated carbocycles. The minimum Gasteiger partial charge on any atom is -0.356 e. The van der Waals surface area contributed by atoms with Gasteiger partial charge >= 0.3 is 0 Å². The number of nitrogens with one attached hydrogen (secondary N) is 2. The maximum atomic E-state index is 12.2. The predicted molar refractivity (Wildman–Crippen MR) is 128 cm³/mol. The topological polar surface area (TPSA) is 56.7 Å². The van der Waals surface area contributed by atoms with Crippen molar-refractivity contribution in [1.29, 1.82) is 0 Å². The van der Waals surface area contributed by atoms with Crippen molar-refractivity contribution >= 4 is 35.8 Å². The third-order valence-electron chi connectivity index (χ3n) is 5.89. The number of carbonyl (C=O) groups excluding carboxylic acids is 1. The monoisotopic (exact) mass is 500 g/mol. The average molecular weight is 500 g/mol. The maximum absolute atomic E-state index is 12.2. The third kappa shape index (κ3) is 6.09. The minimum absolute atomic E-state index is 0. The highest BCUT2D eigenvalue weighted by Crippen LogP contribution is 2.30. The molecule has 0 spiro atoms. The number of carbonyl (C=O) groups is 1. The highest BCUT2D eigenvalue weighted by Gasteiger charge is 2.30. The molecule has 1 amide bonds. The Bertz CT molecular complexity index is 629. The second kappa shape index (κ2) is 11.6. The van der Waals surface area contributed by atoms with E-state index in [0.29, 0.717) is 0 Å². The van der Waals surface area contributed by atoms with Crippen molar-refractivity contribution < 1.29 is 4.79 Å². The molecule has 0 aromatic heterocycles. The van der Waals surface area contributed by atoms with Gasteiger partial charge < -0.3 is 15.5 Å². The number of hydrogen-bond donors (Lipinski definition) is 2. The van der Waals surface area contributed by atoms with Crippen LogP contribution in [-0.2, 0) is 10.2 Å². The molecule has 158 valence electrons. The van der Waals surface area contributed by atoms with Crippen molar-refractivity contribution in [1.82, 2.24) is 15.5 Å². The summed E-state index contributed by atoms with van der Waals surface area (Å²) in [6.45, 7) is 10.8. The molecule has 1 atom stereocenters. The number of amides is 1. The molecular formula is C22H37IN4O. The normalized spacial score (nSPS) is 17.4. The van der Waals surface area contributed by atoms with Gasteiger partial charge in [-0.2, -0.15) is 0 Å². The van der Waals surface area contributed by atoms with Crippen molar-refractivity contribution in [2.24, 2.45) is 10.9 Å². The number of nitrogens with zero attached hydrogens (tertiary/aromatic N) is 2. The lowest BCUT2D eigenvalue weighted by Crippen LogP contribution is -2.49. The van der Waals surface area contributed by atoms with Crippen LogP contribution in [0.4, 0.5) is 0 Å². The van der Waals surface area contributed by atoms with Gasteiger partial charge in [0.2, 0.25) is 5.91 Å². The van der Waals surface area contributed by atoms with E-state index in [0.717, 1.165) is 44.9 Å². The highest BCUT2D eigenvalue weighted by atomic mass is 127. The number of hydrogen-bond acceptors (Lipinski definition) is 2. The molecule has 1 aliphatic heterocycles. The first-order valence-corrected chi connectivity index (χ1v) is 10.3. The second-order valence-corrected chi connectivity index (χ2v) is 7.85. The molecule has 1 aromatic rings. The van der Waals surface area contributed by atoms with Crippen LogP contribution in [0.1, 0.15) is 52.5 Å². The minimum atomic E-state index is 0. The maximum Gasteiger partial charge on any atom is 0.225 e. The van der Waals surface area contributed by atoms with Crippen LogP contribution in [0.5, 0.6) is 0 Å². The molecule has 1 saturated heterocycles. The van der Waals surface area contributed by atoms with Crippen LogP contribution in [-0.4, -0.2) is 49.5 Å². The van der Waals surface area contributed by atoms with Gasteiger partial charge in [0, 0.05) is 44.1 Å². The molecule has 28 heavy (non-hydrogen) atoms. The molecular weight excluding hydrogens is 463 g/mol. The molecule has 1 fully saturated rings. The van der Waals surface area contributed by atoms with Crippen molar-refractivity contribution in [2.75, 3.05) is 26.7 Å². The first-order chi connectivity index (χ1) is 13.0. The van der Waals surface area contributed by atoms with Crippen molar-refractivity contribution in [3.05, 3.63) is 35.9 Å². The fraction of sp³-hybridized carbons (Fsp3) is 0.636. The lowest BCUT2D eigenvalue weighted by Gasteiger charge is -2.33. The van der Waals surface area contributed by atoms with Crippen LogP contribution in [0, 0.1) is 5.92 Å². The molecule has 1 heterocycles. The van der Waals surface area contributed by atoms with Crippen LogP contribution < -0.4 is 10.6 Å². The summed E-state index contributed by atoms with van der Waals surface area (Å²) < 4.78 is 0. The summed E-state index contributed by atoms with van der Waals surface area (Å²) in [5.41, 5.74) is 1.46. The second-order valence-electron chi connectivity index (χ2n) is 7.85. The molecule has 1 unspecified atom stereocenters. The van der Waals surface area contributed by atoms with E-state index in [1.807, 2.05) is 25.8 Å². The summed E-state index contributed by atoms with van der Waals surface area (Å²) in [4.78, 5) is 18.6. The van der Waals surface area contributed by atoms with Crippen LogP contribution in [0.25, 0.3) is 0 Å². The third-order valence-corrected chi connectivity index (χ3v) is 5.89. The zero-order valence-corrected chi connectivity index (χ0v) is 20.3. The van der Waals surface area contributed by atoms with Gasteiger partial charge in [0.25, 0.3) is 0 Å². The molecule has 6 heteroatoms. The van der Waals surface area contributed by atoms with Gasteiger partial charge in [0.05, 0.1) is 0 Å². The zero-order valence-electron chi connectivity index (χ0n) is 18.0. The lowest BCUT2D eigenvalue weighted by atomic mass is 9.76. The quantitative estimate of drug-likeness (QED) is 0.341. The number of rotatable bonds is 7. The van der Waals surface area contributed by atoms with Crippen molar-refractivity contribution in [2.45, 2.75) is 58.4 Å². The SMILES string of the molecule is CCC(CC)(CNC(=NC)NC1CCN(C(=O)C(C)C)C1)c1ccccc1.I. The fourth-order valence-corrected chi connectivity index (χ4v) is 3.89. The first kappa shape index (κ1) is 24.7. The first-order valence-electron chi connectivity index (χ1n) is 10.3. The Balaban J connectivity index is 0.00000392. The highest BCUT2D eigenvalue weighted by molar-refractivity contribution is 14.0. The van der Waals surface area contributed by atoms with Gasteiger partial charge in [-0.3, -0.25) is 9.79 Å². The summed E-state index contributed by atoms with van der Waals surface area (Å²) in [7, 11) is 1.81. The lowest BCUT2D eigenvalue weighted by molar-refractivity contribution is -0.133. The van der Waals surface area contributed by atoms with Crippen LogP contribution in [0.2, 0.25) is 0 Å². The van der Waals surface area contributed by atoms with E-state index in [1.54, 1.807) is 0 Å². The Hall–Kier alpha value is -1.31. The Labute approximate surface area is 187 Å². The van der Waals surface area contributed by atoms with E-state index in [-0.39, 0.29) is 47.3 Å². The Morgan fingerprint density at radius 2 is 1.89 bits per heavy atom. The standard InChI is InChI=1S/C22H36N4O.HI/c1-6-22(7-2,18-11-9-8-10-12-18)16-24-21(23-5)25-19-13-14-26(15-19)20(27)17(3)4;/h8-12,17,19H,6-7,13-16H2,1-5H3,(H2,23,24,25);1H. The molecule has 0 radical (unpaired) electrons. The molecule has 0 bridgehead atoms.